The number of nitrogens with one attached hydrogen (secondary N) is 1. The van der Waals surface area contributed by atoms with Crippen LogP contribution in [-0.2, 0) is 0 Å². The second-order valence-electron chi connectivity index (χ2n) is 5.21. The largest absolute Gasteiger partial charge is 0.384 e. The lowest BCUT2D eigenvalue weighted by Crippen LogP contribution is -2.10. The van der Waals surface area contributed by atoms with Crippen LogP contribution in [0.15, 0.2) is 48.5 Å². The summed E-state index contributed by atoms with van der Waals surface area (Å²) in [4.78, 5) is 12.5. The van der Waals surface area contributed by atoms with Gasteiger partial charge in [0.2, 0.25) is 0 Å². The summed E-state index contributed by atoms with van der Waals surface area (Å²) < 4.78 is 13.5. The van der Waals surface area contributed by atoms with Crippen molar-refractivity contribution in [3.05, 3.63) is 65.5 Å². The highest BCUT2D eigenvalue weighted by Gasteiger charge is 2.22. The van der Waals surface area contributed by atoms with E-state index in [-0.39, 0.29) is 11.6 Å². The molecule has 2 aromatic carbocycles. The Labute approximate surface area is 117 Å². The van der Waals surface area contributed by atoms with Crippen LogP contribution >= 0.6 is 0 Å². The molecule has 1 fully saturated rings. The fourth-order valence-electron chi connectivity index (χ4n) is 2.18. The predicted molar refractivity (Wildman–Crippen MR) is 77.5 cm³/mol. The van der Waals surface area contributed by atoms with Crippen LogP contribution in [0.2, 0.25) is 0 Å². The molecule has 1 aliphatic rings. The van der Waals surface area contributed by atoms with Crippen LogP contribution in [0.4, 0.5) is 10.1 Å². The summed E-state index contributed by atoms with van der Waals surface area (Å²) >= 11 is 0. The Hall–Kier alpha value is -2.16. The van der Waals surface area contributed by atoms with E-state index in [2.05, 4.69) is 5.32 Å². The molecule has 2 aromatic rings. The Morgan fingerprint density at radius 3 is 2.60 bits per heavy atom. The van der Waals surface area contributed by atoms with Crippen molar-refractivity contribution in [2.45, 2.75) is 12.8 Å². The third-order valence-corrected chi connectivity index (χ3v) is 3.54. The standard InChI is InChI=1S/C17H16FNO/c18-14-8-9-16(19-11-12-6-7-12)15(10-14)17(20)13-4-2-1-3-5-13/h1-5,8-10,12,19H,6-7,11H2. The molecular formula is C17H16FNO. The highest BCUT2D eigenvalue weighted by molar-refractivity contribution is 6.12. The molecule has 2 nitrogen and oxygen atoms in total. The summed E-state index contributed by atoms with van der Waals surface area (Å²) in [7, 11) is 0. The van der Waals surface area contributed by atoms with Crippen molar-refractivity contribution in [3.8, 4) is 0 Å². The van der Waals surface area contributed by atoms with Gasteiger partial charge in [-0.1, -0.05) is 30.3 Å². The predicted octanol–water partition coefficient (Wildman–Crippen LogP) is 3.88. The molecule has 1 N–H and O–H groups in total. The quantitative estimate of drug-likeness (QED) is 0.835. The van der Waals surface area contributed by atoms with Gasteiger partial charge in [0.05, 0.1) is 0 Å². The second-order valence-corrected chi connectivity index (χ2v) is 5.21. The molecule has 3 heteroatoms. The molecule has 0 aromatic heterocycles. The number of halogens is 1. The molecule has 0 bridgehead atoms. The average Bonchev–Trinajstić information content (AvgIpc) is 3.30. The minimum absolute atomic E-state index is 0.150. The van der Waals surface area contributed by atoms with Gasteiger partial charge >= 0.3 is 0 Å². The molecule has 1 aliphatic carbocycles. The number of benzene rings is 2. The molecule has 0 amide bonds. The van der Waals surface area contributed by atoms with E-state index in [0.29, 0.717) is 22.7 Å². The van der Waals surface area contributed by atoms with Gasteiger partial charge in [-0.15, -0.1) is 0 Å². The highest BCUT2D eigenvalue weighted by Crippen LogP contribution is 2.30. The molecule has 0 radical (unpaired) electrons. The Morgan fingerprint density at radius 1 is 1.15 bits per heavy atom. The van der Waals surface area contributed by atoms with Gasteiger partial charge in [-0.05, 0) is 37.0 Å². The fourth-order valence-corrected chi connectivity index (χ4v) is 2.18. The smallest absolute Gasteiger partial charge is 0.195 e. The van der Waals surface area contributed by atoms with Gasteiger partial charge in [0, 0.05) is 23.4 Å². The maximum Gasteiger partial charge on any atom is 0.195 e. The summed E-state index contributed by atoms with van der Waals surface area (Å²) in [5.74, 6) is 0.157. The first-order valence-electron chi connectivity index (χ1n) is 6.87. The number of rotatable bonds is 5. The van der Waals surface area contributed by atoms with E-state index in [1.54, 1.807) is 18.2 Å². The first-order valence-corrected chi connectivity index (χ1v) is 6.87. The van der Waals surface area contributed by atoms with Gasteiger partial charge in [-0.3, -0.25) is 4.79 Å². The van der Waals surface area contributed by atoms with E-state index < -0.39 is 0 Å². The molecular weight excluding hydrogens is 253 g/mol. The molecule has 0 saturated heterocycles. The van der Waals surface area contributed by atoms with Crippen molar-refractivity contribution in [2.24, 2.45) is 5.92 Å². The minimum Gasteiger partial charge on any atom is -0.384 e. The van der Waals surface area contributed by atoms with Gasteiger partial charge < -0.3 is 5.32 Å². The maximum absolute atomic E-state index is 13.5. The third kappa shape index (κ3) is 2.87. The van der Waals surface area contributed by atoms with E-state index in [1.165, 1.54) is 25.0 Å². The molecule has 0 spiro atoms. The zero-order valence-corrected chi connectivity index (χ0v) is 11.1. The number of carbonyl (C=O) groups excluding carboxylic acids is 1. The van der Waals surface area contributed by atoms with Crippen molar-refractivity contribution in [2.75, 3.05) is 11.9 Å². The Morgan fingerprint density at radius 2 is 1.90 bits per heavy atom. The zero-order chi connectivity index (χ0) is 13.9. The van der Waals surface area contributed by atoms with Crippen LogP contribution in [0.1, 0.15) is 28.8 Å². The Kier molecular flexibility index (Phi) is 3.50. The first kappa shape index (κ1) is 12.9. The molecule has 0 atom stereocenters. The van der Waals surface area contributed by atoms with E-state index in [9.17, 15) is 9.18 Å². The Bertz CT molecular complexity index is 620. The zero-order valence-electron chi connectivity index (χ0n) is 11.1. The molecule has 0 unspecified atom stereocenters. The van der Waals surface area contributed by atoms with Gasteiger partial charge in [-0.25, -0.2) is 4.39 Å². The number of hydrogen-bond acceptors (Lipinski definition) is 2. The summed E-state index contributed by atoms with van der Waals surface area (Å²) in [5, 5.41) is 3.27. The van der Waals surface area contributed by atoms with E-state index in [1.807, 2.05) is 18.2 Å². The first-order chi connectivity index (χ1) is 9.74. The second kappa shape index (κ2) is 5.45. The molecule has 0 aliphatic heterocycles. The van der Waals surface area contributed by atoms with Crippen LogP contribution in [0.3, 0.4) is 0 Å². The van der Waals surface area contributed by atoms with Gasteiger partial charge in [0.1, 0.15) is 5.82 Å². The summed E-state index contributed by atoms with van der Waals surface area (Å²) in [5.41, 5.74) is 1.69. The highest BCUT2D eigenvalue weighted by atomic mass is 19.1. The van der Waals surface area contributed by atoms with E-state index in [4.69, 9.17) is 0 Å². The summed E-state index contributed by atoms with van der Waals surface area (Å²) in [6.07, 6.45) is 2.46. The minimum atomic E-state index is -0.388. The number of hydrogen-bond donors (Lipinski definition) is 1. The molecule has 3 rings (SSSR count). The van der Waals surface area contributed by atoms with Crippen LogP contribution < -0.4 is 5.32 Å². The third-order valence-electron chi connectivity index (χ3n) is 3.54. The lowest BCUT2D eigenvalue weighted by Gasteiger charge is -2.11. The molecule has 0 heterocycles. The number of carbonyl (C=O) groups is 1. The molecule has 102 valence electrons. The van der Waals surface area contributed by atoms with Gasteiger partial charge in [0.15, 0.2) is 5.78 Å². The van der Waals surface area contributed by atoms with Crippen molar-refractivity contribution in [1.29, 1.82) is 0 Å². The van der Waals surface area contributed by atoms with Crippen LogP contribution in [0.5, 0.6) is 0 Å². The Balaban J connectivity index is 1.89. The van der Waals surface area contributed by atoms with Crippen molar-refractivity contribution in [3.63, 3.8) is 0 Å². The number of anilines is 1. The normalized spacial score (nSPS) is 14.1. The van der Waals surface area contributed by atoms with Crippen molar-refractivity contribution in [1.82, 2.24) is 0 Å². The van der Waals surface area contributed by atoms with Crippen molar-refractivity contribution < 1.29 is 9.18 Å². The monoisotopic (exact) mass is 269 g/mol. The van der Waals surface area contributed by atoms with E-state index in [0.717, 1.165) is 6.54 Å². The average molecular weight is 269 g/mol. The maximum atomic E-state index is 13.5. The van der Waals surface area contributed by atoms with Crippen LogP contribution in [-0.4, -0.2) is 12.3 Å². The summed E-state index contributed by atoms with van der Waals surface area (Å²) in [6, 6.07) is 13.3. The number of ketones is 1. The van der Waals surface area contributed by atoms with E-state index >= 15 is 0 Å². The SMILES string of the molecule is O=C(c1ccccc1)c1cc(F)ccc1NCC1CC1. The van der Waals surface area contributed by atoms with Crippen LogP contribution in [0, 0.1) is 11.7 Å². The molecule has 1 saturated carbocycles. The van der Waals surface area contributed by atoms with Crippen LogP contribution in [0.25, 0.3) is 0 Å². The van der Waals surface area contributed by atoms with Crippen molar-refractivity contribution >= 4 is 11.5 Å². The van der Waals surface area contributed by atoms with Gasteiger partial charge in [0.25, 0.3) is 0 Å². The topological polar surface area (TPSA) is 29.1 Å². The molecule has 20 heavy (non-hydrogen) atoms. The fraction of sp³-hybridized carbons (Fsp3) is 0.235. The lowest BCUT2D eigenvalue weighted by molar-refractivity contribution is 0.103. The summed E-state index contributed by atoms with van der Waals surface area (Å²) in [6.45, 7) is 0.848. The van der Waals surface area contributed by atoms with Gasteiger partial charge in [-0.2, -0.15) is 0 Å². The lowest BCUT2D eigenvalue weighted by atomic mass is 10.0.